The van der Waals surface area contributed by atoms with Crippen LogP contribution in [0, 0.1) is 28.1 Å². The Bertz CT molecular complexity index is 638. The molecular weight excluding hydrogens is 328 g/mol. The molecule has 6 unspecified atom stereocenters. The quantitative estimate of drug-likeness (QED) is 0.594. The van der Waals surface area contributed by atoms with Crippen molar-refractivity contribution in [1.82, 2.24) is 0 Å². The normalized spacial score (nSPS) is 47.5. The molecule has 0 spiro atoms. The first kappa shape index (κ1) is 19.6. The molecule has 0 saturated heterocycles. The summed E-state index contributed by atoms with van der Waals surface area (Å²) < 4.78 is 5.69. The number of aliphatic hydroxyl groups is 1. The van der Waals surface area contributed by atoms with Crippen molar-refractivity contribution in [2.75, 3.05) is 0 Å². The van der Waals surface area contributed by atoms with Crippen molar-refractivity contribution in [1.29, 1.82) is 0 Å². The van der Waals surface area contributed by atoms with Crippen molar-refractivity contribution in [3.05, 3.63) is 12.7 Å². The topological polar surface area (TPSA) is 63.6 Å². The zero-order valence-electron chi connectivity index (χ0n) is 16.9. The molecule has 0 aromatic carbocycles. The predicted octanol–water partition coefficient (Wildman–Crippen LogP) is 4.06. The van der Waals surface area contributed by atoms with E-state index in [1.54, 1.807) is 0 Å². The van der Waals surface area contributed by atoms with Crippen molar-refractivity contribution < 1.29 is 19.4 Å². The molecular formula is C22H34O4. The zero-order valence-corrected chi connectivity index (χ0v) is 16.9. The Kier molecular flexibility index (Phi) is 4.46. The minimum Gasteiger partial charge on any atom is -0.459 e. The molecule has 0 bridgehead atoms. The minimum atomic E-state index is -1.06. The van der Waals surface area contributed by atoms with Crippen LogP contribution in [0.2, 0.25) is 0 Å². The van der Waals surface area contributed by atoms with Crippen LogP contribution in [0.25, 0.3) is 0 Å². The highest BCUT2D eigenvalue weighted by Crippen LogP contribution is 2.66. The van der Waals surface area contributed by atoms with Crippen molar-refractivity contribution in [2.45, 2.75) is 84.8 Å². The predicted molar refractivity (Wildman–Crippen MR) is 100 cm³/mol. The summed E-state index contributed by atoms with van der Waals surface area (Å²) in [6, 6.07) is 0. The van der Waals surface area contributed by atoms with E-state index in [1.165, 1.54) is 6.92 Å². The van der Waals surface area contributed by atoms with Gasteiger partial charge in [-0.3, -0.25) is 9.59 Å². The molecule has 3 saturated carbocycles. The molecule has 0 amide bonds. The van der Waals surface area contributed by atoms with Gasteiger partial charge in [-0.05, 0) is 54.8 Å². The van der Waals surface area contributed by atoms with E-state index in [0.29, 0.717) is 25.0 Å². The SMILES string of the molecule is C=CC1(C)CCC2C3(C)CCC(=O)C(C)(C)C3CC(OC(C)=O)C2(O)C1. The van der Waals surface area contributed by atoms with Gasteiger partial charge in [0.15, 0.2) is 0 Å². The van der Waals surface area contributed by atoms with Gasteiger partial charge in [0, 0.05) is 18.8 Å². The highest BCUT2D eigenvalue weighted by molar-refractivity contribution is 5.85. The fraction of sp³-hybridized carbons (Fsp3) is 0.818. The van der Waals surface area contributed by atoms with Crippen molar-refractivity contribution in [2.24, 2.45) is 28.1 Å². The summed E-state index contributed by atoms with van der Waals surface area (Å²) >= 11 is 0. The van der Waals surface area contributed by atoms with Crippen LogP contribution in [0.4, 0.5) is 0 Å². The van der Waals surface area contributed by atoms with Gasteiger partial charge in [-0.1, -0.05) is 33.8 Å². The summed E-state index contributed by atoms with van der Waals surface area (Å²) in [4.78, 5) is 24.5. The number of hydrogen-bond acceptors (Lipinski definition) is 4. The van der Waals surface area contributed by atoms with E-state index >= 15 is 0 Å². The molecule has 0 aliphatic heterocycles. The van der Waals surface area contributed by atoms with Crippen molar-refractivity contribution in [3.63, 3.8) is 0 Å². The van der Waals surface area contributed by atoms with E-state index in [-0.39, 0.29) is 28.6 Å². The van der Waals surface area contributed by atoms with Crippen molar-refractivity contribution in [3.8, 4) is 0 Å². The largest absolute Gasteiger partial charge is 0.459 e. The van der Waals surface area contributed by atoms with Crippen LogP contribution in [-0.4, -0.2) is 28.6 Å². The third-order valence-corrected chi connectivity index (χ3v) is 8.18. The highest BCUT2D eigenvalue weighted by Gasteiger charge is 2.67. The number of fused-ring (bicyclic) bond motifs is 3. The molecule has 4 nitrogen and oxygen atoms in total. The molecule has 1 N–H and O–H groups in total. The number of ketones is 1. The van der Waals surface area contributed by atoms with E-state index in [4.69, 9.17) is 4.74 Å². The number of hydrogen-bond donors (Lipinski definition) is 1. The average molecular weight is 363 g/mol. The standard InChI is InChI=1S/C22H34O4/c1-7-20(5)10-8-15-21(6)11-9-17(24)19(3,4)16(21)12-18(26-14(2)23)22(15,25)13-20/h7,15-16,18,25H,1,8-13H2,2-6H3. The summed E-state index contributed by atoms with van der Waals surface area (Å²) in [5.74, 6) is 0.0628. The van der Waals surface area contributed by atoms with E-state index in [1.807, 2.05) is 19.9 Å². The first-order valence-electron chi connectivity index (χ1n) is 9.95. The maximum Gasteiger partial charge on any atom is 0.303 e. The van der Waals surface area contributed by atoms with Crippen LogP contribution in [0.5, 0.6) is 0 Å². The summed E-state index contributed by atoms with van der Waals surface area (Å²) in [7, 11) is 0. The Morgan fingerprint density at radius 3 is 2.46 bits per heavy atom. The number of carbonyl (C=O) groups is 2. The average Bonchev–Trinajstić information content (AvgIpc) is 2.53. The zero-order chi connectivity index (χ0) is 19.5. The van der Waals surface area contributed by atoms with Crippen LogP contribution in [0.1, 0.15) is 73.1 Å². The smallest absolute Gasteiger partial charge is 0.303 e. The number of rotatable bonds is 2. The van der Waals surface area contributed by atoms with Crippen LogP contribution < -0.4 is 0 Å². The minimum absolute atomic E-state index is 0.0264. The third kappa shape index (κ3) is 2.67. The van der Waals surface area contributed by atoms with Gasteiger partial charge in [-0.2, -0.15) is 0 Å². The summed E-state index contributed by atoms with van der Waals surface area (Å²) in [5, 5.41) is 11.9. The maximum atomic E-state index is 12.6. The molecule has 3 rings (SSSR count). The van der Waals surface area contributed by atoms with Gasteiger partial charge >= 0.3 is 5.97 Å². The Morgan fingerprint density at radius 2 is 1.88 bits per heavy atom. The van der Waals surface area contributed by atoms with Crippen LogP contribution >= 0.6 is 0 Å². The molecule has 3 aliphatic carbocycles. The lowest BCUT2D eigenvalue weighted by Gasteiger charge is -2.65. The highest BCUT2D eigenvalue weighted by atomic mass is 16.6. The van der Waals surface area contributed by atoms with Gasteiger partial charge in [0.1, 0.15) is 17.5 Å². The van der Waals surface area contributed by atoms with Crippen molar-refractivity contribution >= 4 is 11.8 Å². The second-order valence-electron chi connectivity index (χ2n) is 10.2. The first-order valence-corrected chi connectivity index (χ1v) is 9.95. The van der Waals surface area contributed by atoms with Gasteiger partial charge in [-0.25, -0.2) is 0 Å². The Balaban J connectivity index is 2.08. The molecule has 26 heavy (non-hydrogen) atoms. The Morgan fingerprint density at radius 1 is 1.23 bits per heavy atom. The monoisotopic (exact) mass is 362 g/mol. The fourth-order valence-corrected chi connectivity index (χ4v) is 6.64. The van der Waals surface area contributed by atoms with Crippen LogP contribution in [0.3, 0.4) is 0 Å². The molecule has 0 aromatic rings. The molecule has 4 heteroatoms. The Hall–Kier alpha value is -1.16. The number of Topliss-reactive ketones (excluding diaryl/α,β-unsaturated/α-hetero) is 1. The van der Waals surface area contributed by atoms with Gasteiger partial charge in [0.05, 0.1) is 0 Å². The molecule has 0 aromatic heterocycles. The lowest BCUT2D eigenvalue weighted by atomic mass is 9.41. The van der Waals surface area contributed by atoms with Gasteiger partial charge in [0.25, 0.3) is 0 Å². The van der Waals surface area contributed by atoms with E-state index < -0.39 is 17.1 Å². The number of carbonyl (C=O) groups excluding carboxylic acids is 2. The lowest BCUT2D eigenvalue weighted by Crippen LogP contribution is -2.68. The molecule has 3 aliphatic rings. The van der Waals surface area contributed by atoms with E-state index in [2.05, 4.69) is 20.4 Å². The van der Waals surface area contributed by atoms with Gasteiger partial charge in [-0.15, -0.1) is 6.58 Å². The number of allylic oxidation sites excluding steroid dienone is 1. The number of esters is 1. The fourth-order valence-electron chi connectivity index (χ4n) is 6.64. The second-order valence-corrected chi connectivity index (χ2v) is 10.2. The van der Waals surface area contributed by atoms with Crippen LogP contribution in [0.15, 0.2) is 12.7 Å². The van der Waals surface area contributed by atoms with E-state index in [0.717, 1.165) is 19.3 Å². The van der Waals surface area contributed by atoms with Gasteiger partial charge in [0.2, 0.25) is 0 Å². The molecule has 6 atom stereocenters. The van der Waals surface area contributed by atoms with Gasteiger partial charge < -0.3 is 9.84 Å². The Labute approximate surface area is 157 Å². The second kappa shape index (κ2) is 5.92. The third-order valence-electron chi connectivity index (χ3n) is 8.18. The van der Waals surface area contributed by atoms with Crippen LogP contribution in [-0.2, 0) is 14.3 Å². The maximum absolute atomic E-state index is 12.6. The summed E-state index contributed by atoms with van der Waals surface area (Å²) in [5.41, 5.74) is -1.79. The number of ether oxygens (including phenoxy) is 1. The molecule has 0 radical (unpaired) electrons. The van der Waals surface area contributed by atoms with E-state index in [9.17, 15) is 14.7 Å². The molecule has 0 heterocycles. The summed E-state index contributed by atoms with van der Waals surface area (Å²) in [6.45, 7) is 13.8. The molecule has 3 fully saturated rings. The molecule has 146 valence electrons. The summed E-state index contributed by atoms with van der Waals surface area (Å²) in [6.07, 6.45) is 5.70. The lowest BCUT2D eigenvalue weighted by molar-refractivity contribution is -0.253. The first-order chi connectivity index (χ1) is 11.9.